The Morgan fingerprint density at radius 1 is 1.31 bits per heavy atom. The Morgan fingerprint density at radius 3 is 2.38 bits per heavy atom. The molecule has 1 aliphatic carbocycles. The molecular formula is C13H13F2N. The van der Waals surface area contributed by atoms with Crippen molar-refractivity contribution in [3.8, 4) is 12.3 Å². The summed E-state index contributed by atoms with van der Waals surface area (Å²) in [6.07, 6.45) is 7.16. The van der Waals surface area contributed by atoms with Crippen LogP contribution in [0.15, 0.2) is 12.1 Å². The van der Waals surface area contributed by atoms with Crippen molar-refractivity contribution >= 4 is 5.69 Å². The monoisotopic (exact) mass is 221 g/mol. The van der Waals surface area contributed by atoms with Gasteiger partial charge in [0.15, 0.2) is 11.6 Å². The van der Waals surface area contributed by atoms with Crippen LogP contribution in [0.4, 0.5) is 14.5 Å². The van der Waals surface area contributed by atoms with Crippen LogP contribution in [0.5, 0.6) is 0 Å². The van der Waals surface area contributed by atoms with Crippen molar-refractivity contribution in [1.29, 1.82) is 0 Å². The van der Waals surface area contributed by atoms with E-state index >= 15 is 0 Å². The lowest BCUT2D eigenvalue weighted by Crippen LogP contribution is -2.18. The van der Waals surface area contributed by atoms with Crippen molar-refractivity contribution in [2.24, 2.45) is 0 Å². The number of benzene rings is 1. The molecule has 2 rings (SSSR count). The zero-order chi connectivity index (χ0) is 11.9. The van der Waals surface area contributed by atoms with Gasteiger partial charge in [0.25, 0.3) is 0 Å². The third-order valence-corrected chi connectivity index (χ3v) is 3.06. The van der Waals surface area contributed by atoms with Crippen LogP contribution in [0.2, 0.25) is 0 Å². The van der Waals surface area contributed by atoms with Crippen LogP contribution in [-0.2, 0) is 5.41 Å². The predicted molar refractivity (Wildman–Crippen MR) is 60.4 cm³/mol. The lowest BCUT2D eigenvalue weighted by molar-refractivity contribution is 0.506. The Kier molecular flexibility index (Phi) is 2.38. The van der Waals surface area contributed by atoms with Gasteiger partial charge in [0.2, 0.25) is 0 Å². The lowest BCUT2D eigenvalue weighted by Gasteiger charge is -2.21. The van der Waals surface area contributed by atoms with Crippen molar-refractivity contribution in [2.75, 3.05) is 19.0 Å². The molecule has 16 heavy (non-hydrogen) atoms. The fraction of sp³-hybridized carbons (Fsp3) is 0.385. The van der Waals surface area contributed by atoms with E-state index in [2.05, 4.69) is 5.92 Å². The first-order chi connectivity index (χ1) is 7.52. The van der Waals surface area contributed by atoms with Gasteiger partial charge in [-0.1, -0.05) is 12.0 Å². The van der Waals surface area contributed by atoms with Gasteiger partial charge in [0, 0.05) is 14.1 Å². The lowest BCUT2D eigenvalue weighted by atomic mass is 9.94. The minimum Gasteiger partial charge on any atom is -0.375 e. The van der Waals surface area contributed by atoms with Gasteiger partial charge >= 0.3 is 0 Å². The molecule has 1 nitrogen and oxygen atoms in total. The molecule has 1 saturated carbocycles. The normalized spacial score (nSPS) is 16.7. The number of rotatable bonds is 2. The molecule has 1 aromatic rings. The average molecular weight is 221 g/mol. The van der Waals surface area contributed by atoms with Crippen LogP contribution in [0.25, 0.3) is 0 Å². The summed E-state index contributed by atoms with van der Waals surface area (Å²) in [6, 6.07) is 2.75. The van der Waals surface area contributed by atoms with E-state index < -0.39 is 11.6 Å². The molecule has 0 aromatic heterocycles. The molecule has 1 aromatic carbocycles. The fourth-order valence-corrected chi connectivity index (χ4v) is 1.98. The molecule has 1 aliphatic rings. The second kappa shape index (κ2) is 3.48. The maximum absolute atomic E-state index is 13.7. The van der Waals surface area contributed by atoms with Gasteiger partial charge in [0.05, 0.1) is 11.1 Å². The third kappa shape index (κ3) is 1.46. The van der Waals surface area contributed by atoms with Crippen molar-refractivity contribution in [1.82, 2.24) is 0 Å². The van der Waals surface area contributed by atoms with Crippen molar-refractivity contribution in [3.63, 3.8) is 0 Å². The van der Waals surface area contributed by atoms with E-state index in [4.69, 9.17) is 6.42 Å². The first-order valence-electron chi connectivity index (χ1n) is 5.15. The summed E-state index contributed by atoms with van der Waals surface area (Å²) in [7, 11) is 3.38. The van der Waals surface area contributed by atoms with E-state index in [1.54, 1.807) is 25.1 Å². The highest BCUT2D eigenvalue weighted by atomic mass is 19.2. The third-order valence-electron chi connectivity index (χ3n) is 3.06. The highest BCUT2D eigenvalue weighted by Gasteiger charge is 2.45. The van der Waals surface area contributed by atoms with Crippen LogP contribution in [0.3, 0.4) is 0 Å². The summed E-state index contributed by atoms with van der Waals surface area (Å²) in [5.41, 5.74) is 0.614. The van der Waals surface area contributed by atoms with Crippen LogP contribution in [0.1, 0.15) is 18.4 Å². The van der Waals surface area contributed by atoms with E-state index in [0.717, 1.165) is 24.5 Å². The SMILES string of the molecule is C#CC1(c2ccc(F)c(F)c2N(C)C)CC1. The van der Waals surface area contributed by atoms with E-state index in [1.807, 2.05) is 0 Å². The number of terminal acetylenes is 1. The smallest absolute Gasteiger partial charge is 0.182 e. The Bertz CT molecular complexity index is 468. The van der Waals surface area contributed by atoms with Gasteiger partial charge in [0.1, 0.15) is 0 Å². The molecule has 0 unspecified atom stereocenters. The minimum absolute atomic E-state index is 0.274. The molecule has 0 heterocycles. The van der Waals surface area contributed by atoms with Gasteiger partial charge in [-0.25, -0.2) is 8.78 Å². The predicted octanol–water partition coefficient (Wildman–Crippen LogP) is 2.70. The van der Waals surface area contributed by atoms with Gasteiger partial charge in [-0.05, 0) is 24.5 Å². The zero-order valence-corrected chi connectivity index (χ0v) is 9.35. The first kappa shape index (κ1) is 10.9. The molecule has 0 radical (unpaired) electrons. The Morgan fingerprint density at radius 2 is 1.94 bits per heavy atom. The topological polar surface area (TPSA) is 3.24 Å². The van der Waals surface area contributed by atoms with E-state index in [9.17, 15) is 8.78 Å². The molecule has 0 atom stereocenters. The molecule has 0 aliphatic heterocycles. The van der Waals surface area contributed by atoms with Crippen molar-refractivity contribution in [3.05, 3.63) is 29.3 Å². The quantitative estimate of drug-likeness (QED) is 0.694. The standard InChI is InChI=1S/C13H13F2N/c1-4-13(7-8-13)9-5-6-10(14)11(15)12(9)16(2)3/h1,5-6H,7-8H2,2-3H3. The van der Waals surface area contributed by atoms with Crippen LogP contribution in [-0.4, -0.2) is 14.1 Å². The summed E-state index contributed by atoms with van der Waals surface area (Å²) in [5.74, 6) is 1.05. The molecular weight excluding hydrogens is 208 g/mol. The van der Waals surface area contributed by atoms with Crippen LogP contribution in [0, 0.1) is 24.0 Å². The van der Waals surface area contributed by atoms with Gasteiger partial charge in [-0.3, -0.25) is 0 Å². The fourth-order valence-electron chi connectivity index (χ4n) is 1.98. The van der Waals surface area contributed by atoms with Gasteiger partial charge in [-0.15, -0.1) is 6.42 Å². The summed E-state index contributed by atoms with van der Waals surface area (Å²) < 4.78 is 26.9. The Balaban J connectivity index is 2.63. The summed E-state index contributed by atoms with van der Waals surface area (Å²) >= 11 is 0. The number of anilines is 1. The van der Waals surface area contributed by atoms with Crippen LogP contribution < -0.4 is 4.90 Å². The molecule has 0 spiro atoms. The summed E-state index contributed by atoms with van der Waals surface area (Å²) in [5, 5.41) is 0. The number of nitrogens with zero attached hydrogens (tertiary/aromatic N) is 1. The maximum Gasteiger partial charge on any atom is 0.182 e. The number of hydrogen-bond donors (Lipinski definition) is 0. The highest BCUT2D eigenvalue weighted by Crippen LogP contribution is 2.51. The number of hydrogen-bond acceptors (Lipinski definition) is 1. The number of halogens is 2. The second-order valence-electron chi connectivity index (χ2n) is 4.38. The minimum atomic E-state index is -0.833. The van der Waals surface area contributed by atoms with Gasteiger partial charge < -0.3 is 4.90 Å². The van der Waals surface area contributed by atoms with Crippen molar-refractivity contribution in [2.45, 2.75) is 18.3 Å². The van der Waals surface area contributed by atoms with E-state index in [-0.39, 0.29) is 11.1 Å². The molecule has 0 N–H and O–H groups in total. The van der Waals surface area contributed by atoms with Crippen LogP contribution >= 0.6 is 0 Å². The van der Waals surface area contributed by atoms with Gasteiger partial charge in [-0.2, -0.15) is 0 Å². The molecule has 0 saturated heterocycles. The zero-order valence-electron chi connectivity index (χ0n) is 9.35. The largest absolute Gasteiger partial charge is 0.375 e. The Hall–Kier alpha value is -1.56. The molecule has 0 bridgehead atoms. The highest BCUT2D eigenvalue weighted by molar-refractivity contribution is 5.61. The second-order valence-corrected chi connectivity index (χ2v) is 4.38. The first-order valence-corrected chi connectivity index (χ1v) is 5.15. The van der Waals surface area contributed by atoms with E-state index in [1.165, 1.54) is 0 Å². The van der Waals surface area contributed by atoms with Crippen molar-refractivity contribution < 1.29 is 8.78 Å². The molecule has 0 amide bonds. The Labute approximate surface area is 94.1 Å². The molecule has 3 heteroatoms. The maximum atomic E-state index is 13.7. The summed E-state index contributed by atoms with van der Waals surface area (Å²) in [4.78, 5) is 1.57. The molecule has 84 valence electrons. The average Bonchev–Trinajstić information content (AvgIpc) is 3.02. The molecule has 1 fully saturated rings. The van der Waals surface area contributed by atoms with E-state index in [0.29, 0.717) is 0 Å². The summed E-state index contributed by atoms with van der Waals surface area (Å²) in [6.45, 7) is 0.